The van der Waals surface area contributed by atoms with Gasteiger partial charge in [-0.1, -0.05) is 27.7 Å². The summed E-state index contributed by atoms with van der Waals surface area (Å²) in [6.45, 7) is 18.5. The van der Waals surface area contributed by atoms with Gasteiger partial charge >= 0.3 is 0 Å². The van der Waals surface area contributed by atoms with Crippen LogP contribution in [0.15, 0.2) is 0 Å². The van der Waals surface area contributed by atoms with Crippen LogP contribution in [0.25, 0.3) is 4.85 Å². The van der Waals surface area contributed by atoms with Crippen LogP contribution in [-0.2, 0) is 0 Å². The third kappa shape index (κ3) is 8.07. The summed E-state index contributed by atoms with van der Waals surface area (Å²) in [6.07, 6.45) is 2.40. The first-order valence-electron chi connectivity index (χ1n) is 5.61. The molecule has 0 spiro atoms. The maximum Gasteiger partial charge on any atom is 0.270 e. The SMILES string of the molecule is [C-]#[N+]CN(CCC(C)C)CCC(C)C. The Kier molecular flexibility index (Phi) is 7.51. The Balaban J connectivity index is 3.72. The molecule has 0 saturated carbocycles. The van der Waals surface area contributed by atoms with Crippen LogP contribution in [0.3, 0.4) is 0 Å². The van der Waals surface area contributed by atoms with E-state index in [1.165, 1.54) is 12.8 Å². The van der Waals surface area contributed by atoms with Crippen molar-refractivity contribution >= 4 is 0 Å². The molecule has 2 heteroatoms. The monoisotopic (exact) mass is 196 g/mol. The minimum atomic E-state index is 0.569. The molecule has 2 nitrogen and oxygen atoms in total. The van der Waals surface area contributed by atoms with Crippen molar-refractivity contribution in [3.05, 3.63) is 11.4 Å². The summed E-state index contributed by atoms with van der Waals surface area (Å²) in [5.41, 5.74) is 0. The topological polar surface area (TPSA) is 7.60 Å². The molecule has 0 rings (SSSR count). The molecule has 0 unspecified atom stereocenters. The first-order valence-corrected chi connectivity index (χ1v) is 5.61. The zero-order chi connectivity index (χ0) is 11.0. The Morgan fingerprint density at radius 2 is 1.43 bits per heavy atom. The van der Waals surface area contributed by atoms with Crippen LogP contribution in [0.1, 0.15) is 40.5 Å². The average molecular weight is 196 g/mol. The maximum atomic E-state index is 6.89. The van der Waals surface area contributed by atoms with Gasteiger partial charge in [0.2, 0.25) is 0 Å². The van der Waals surface area contributed by atoms with Gasteiger partial charge in [-0.05, 0) is 24.7 Å². The van der Waals surface area contributed by atoms with Gasteiger partial charge < -0.3 is 0 Å². The van der Waals surface area contributed by atoms with E-state index in [2.05, 4.69) is 37.4 Å². The maximum absolute atomic E-state index is 6.89. The van der Waals surface area contributed by atoms with Gasteiger partial charge in [0.1, 0.15) is 0 Å². The lowest BCUT2D eigenvalue weighted by Gasteiger charge is -2.18. The van der Waals surface area contributed by atoms with Gasteiger partial charge in [-0.3, -0.25) is 4.85 Å². The molecule has 0 atom stereocenters. The van der Waals surface area contributed by atoms with E-state index in [1.54, 1.807) is 0 Å². The van der Waals surface area contributed by atoms with Crippen molar-refractivity contribution in [1.29, 1.82) is 0 Å². The summed E-state index contributed by atoms with van der Waals surface area (Å²) >= 11 is 0. The fourth-order valence-corrected chi connectivity index (χ4v) is 1.23. The molecule has 82 valence electrons. The molecular weight excluding hydrogens is 172 g/mol. The first kappa shape index (κ1) is 13.4. The number of rotatable bonds is 7. The lowest BCUT2D eigenvalue weighted by molar-refractivity contribution is 0.265. The van der Waals surface area contributed by atoms with Gasteiger partial charge in [0.15, 0.2) is 0 Å². The third-order valence-electron chi connectivity index (χ3n) is 2.32. The van der Waals surface area contributed by atoms with Crippen LogP contribution in [0.2, 0.25) is 0 Å². The predicted molar refractivity (Wildman–Crippen MR) is 62.0 cm³/mol. The van der Waals surface area contributed by atoms with Crippen molar-refractivity contribution in [2.45, 2.75) is 40.5 Å². The molecular formula is C12H24N2. The Morgan fingerprint density at radius 1 is 1.00 bits per heavy atom. The zero-order valence-electron chi connectivity index (χ0n) is 10.1. The molecule has 0 aliphatic carbocycles. The molecule has 0 radical (unpaired) electrons. The predicted octanol–water partition coefficient (Wildman–Crippen LogP) is 3.26. The first-order chi connectivity index (χ1) is 6.56. The Bertz CT molecular complexity index is 156. The van der Waals surface area contributed by atoms with Crippen molar-refractivity contribution < 1.29 is 0 Å². The number of hydrogen-bond donors (Lipinski definition) is 0. The second-order valence-corrected chi connectivity index (χ2v) is 4.78. The van der Waals surface area contributed by atoms with Crippen LogP contribution in [-0.4, -0.2) is 24.7 Å². The lowest BCUT2D eigenvalue weighted by Crippen LogP contribution is -2.27. The smallest absolute Gasteiger partial charge is 0.270 e. The van der Waals surface area contributed by atoms with E-state index in [9.17, 15) is 0 Å². The molecule has 0 amide bonds. The summed E-state index contributed by atoms with van der Waals surface area (Å²) in [4.78, 5) is 5.74. The van der Waals surface area contributed by atoms with Gasteiger partial charge in [-0.15, -0.1) is 0 Å². The highest BCUT2D eigenvalue weighted by atomic mass is 15.2. The number of hydrogen-bond acceptors (Lipinski definition) is 1. The van der Waals surface area contributed by atoms with E-state index in [1.807, 2.05) is 0 Å². The van der Waals surface area contributed by atoms with Crippen LogP contribution in [0.4, 0.5) is 0 Å². The van der Waals surface area contributed by atoms with E-state index >= 15 is 0 Å². The van der Waals surface area contributed by atoms with E-state index in [-0.39, 0.29) is 0 Å². The molecule has 0 aliphatic heterocycles. The molecule has 0 aromatic carbocycles. The fourth-order valence-electron chi connectivity index (χ4n) is 1.23. The molecule has 0 aromatic rings. The normalized spacial score (nSPS) is 11.3. The summed E-state index contributed by atoms with van der Waals surface area (Å²) in [6, 6.07) is 0. The van der Waals surface area contributed by atoms with Crippen LogP contribution < -0.4 is 0 Å². The van der Waals surface area contributed by atoms with E-state index in [0.717, 1.165) is 24.9 Å². The van der Waals surface area contributed by atoms with Crippen molar-refractivity contribution in [2.75, 3.05) is 19.8 Å². The van der Waals surface area contributed by atoms with Crippen molar-refractivity contribution in [3.8, 4) is 0 Å². The number of nitrogens with zero attached hydrogens (tertiary/aromatic N) is 2. The average Bonchev–Trinajstić information content (AvgIpc) is 2.09. The molecule has 0 saturated heterocycles. The Labute approximate surface area is 89.1 Å². The van der Waals surface area contributed by atoms with Gasteiger partial charge in [-0.25, -0.2) is 11.5 Å². The highest BCUT2D eigenvalue weighted by molar-refractivity contribution is 4.65. The van der Waals surface area contributed by atoms with Crippen molar-refractivity contribution in [3.63, 3.8) is 0 Å². The molecule has 0 N–H and O–H groups in total. The van der Waals surface area contributed by atoms with Crippen molar-refractivity contribution in [2.24, 2.45) is 11.8 Å². The van der Waals surface area contributed by atoms with E-state index in [4.69, 9.17) is 6.57 Å². The highest BCUT2D eigenvalue weighted by Gasteiger charge is 2.08. The molecule has 0 aliphatic rings. The molecule has 14 heavy (non-hydrogen) atoms. The molecule has 0 bridgehead atoms. The van der Waals surface area contributed by atoms with Gasteiger partial charge in [0.25, 0.3) is 6.67 Å². The fraction of sp³-hybridized carbons (Fsp3) is 0.917. The summed E-state index contributed by atoms with van der Waals surface area (Å²) in [5, 5.41) is 0. The largest absolute Gasteiger partial charge is 0.299 e. The quantitative estimate of drug-likeness (QED) is 0.567. The minimum Gasteiger partial charge on any atom is -0.299 e. The summed E-state index contributed by atoms with van der Waals surface area (Å²) in [5.74, 6) is 1.48. The third-order valence-corrected chi connectivity index (χ3v) is 2.32. The molecule has 0 aromatic heterocycles. The van der Waals surface area contributed by atoms with Crippen LogP contribution in [0, 0.1) is 18.4 Å². The van der Waals surface area contributed by atoms with Gasteiger partial charge in [-0.2, -0.15) is 0 Å². The lowest BCUT2D eigenvalue weighted by atomic mass is 10.1. The standard InChI is InChI=1S/C12H24N2/c1-11(2)6-8-14(10-13-5)9-7-12(3)4/h11-12H,6-10H2,1-4H3. The highest BCUT2D eigenvalue weighted by Crippen LogP contribution is 2.06. The minimum absolute atomic E-state index is 0.569. The van der Waals surface area contributed by atoms with Gasteiger partial charge in [0, 0.05) is 13.1 Å². The van der Waals surface area contributed by atoms with E-state index < -0.39 is 0 Å². The second kappa shape index (κ2) is 7.82. The Hall–Kier alpha value is -0.550. The summed E-state index contributed by atoms with van der Waals surface area (Å²) < 4.78 is 0. The van der Waals surface area contributed by atoms with Crippen LogP contribution >= 0.6 is 0 Å². The van der Waals surface area contributed by atoms with Gasteiger partial charge in [0.05, 0.1) is 0 Å². The van der Waals surface area contributed by atoms with Crippen molar-refractivity contribution in [1.82, 2.24) is 4.90 Å². The molecule has 0 heterocycles. The second-order valence-electron chi connectivity index (χ2n) is 4.78. The zero-order valence-corrected chi connectivity index (χ0v) is 10.1. The van der Waals surface area contributed by atoms with E-state index in [0.29, 0.717) is 6.67 Å². The molecule has 0 fully saturated rings. The summed E-state index contributed by atoms with van der Waals surface area (Å²) in [7, 11) is 0. The van der Waals surface area contributed by atoms with Crippen LogP contribution in [0.5, 0.6) is 0 Å². The Morgan fingerprint density at radius 3 is 1.71 bits per heavy atom.